The zero-order valence-electron chi connectivity index (χ0n) is 26.3. The highest BCUT2D eigenvalue weighted by atomic mass is 79.9. The molecule has 9 nitrogen and oxygen atoms in total. The van der Waals surface area contributed by atoms with Crippen molar-refractivity contribution in [1.82, 2.24) is 10.9 Å². The fourth-order valence-corrected chi connectivity index (χ4v) is 5.74. The summed E-state index contributed by atoms with van der Waals surface area (Å²) in [5.74, 6) is 1.95. The normalized spacial score (nSPS) is 17.2. The maximum Gasteiger partial charge on any atom is 0.266 e. The predicted molar refractivity (Wildman–Crippen MR) is 185 cm³/mol. The van der Waals surface area contributed by atoms with Gasteiger partial charge in [0.2, 0.25) is 5.90 Å². The smallest absolute Gasteiger partial charge is 0.266 e. The Hall–Kier alpha value is -4.64. The van der Waals surface area contributed by atoms with Gasteiger partial charge in [0, 0.05) is 53.2 Å². The summed E-state index contributed by atoms with van der Waals surface area (Å²) in [6.07, 6.45) is 3.97. The standard InChI is InChI=1S/C37H38BrN3O6/c1-44-30-20-17-28(33(24-30)45-2)25-39-41-36(43)37(21-8-12-26-10-4-3-5-11-26)34(31-13-6-7-14-32(31)38)47-35(40-37)27-15-18-29(19-16-27)46-23-9-22-42/h3-8,10-20,24,34,39,42H,9,21-23,25H2,1-2H3,(H,41,43)/b12-8+/t34-,37-/m0/s1. The molecule has 0 aliphatic carbocycles. The summed E-state index contributed by atoms with van der Waals surface area (Å²) in [5.41, 5.74) is 7.95. The van der Waals surface area contributed by atoms with E-state index in [9.17, 15) is 4.79 Å². The number of nitrogens with one attached hydrogen (secondary N) is 2. The Morgan fingerprint density at radius 3 is 2.45 bits per heavy atom. The first-order chi connectivity index (χ1) is 23.0. The minimum Gasteiger partial charge on any atom is -0.497 e. The van der Waals surface area contributed by atoms with Crippen molar-refractivity contribution in [3.05, 3.63) is 130 Å². The van der Waals surface area contributed by atoms with Crippen LogP contribution in [0.1, 0.15) is 41.2 Å². The highest BCUT2D eigenvalue weighted by molar-refractivity contribution is 9.10. The molecule has 5 rings (SSSR count). The van der Waals surface area contributed by atoms with Crippen molar-refractivity contribution in [3.8, 4) is 17.2 Å². The summed E-state index contributed by atoms with van der Waals surface area (Å²) in [6, 6.07) is 30.5. The number of ether oxygens (including phenoxy) is 4. The molecular weight excluding hydrogens is 662 g/mol. The molecule has 0 fully saturated rings. The first-order valence-corrected chi connectivity index (χ1v) is 16.1. The average Bonchev–Trinajstić information content (AvgIpc) is 3.49. The van der Waals surface area contributed by atoms with Crippen molar-refractivity contribution < 1.29 is 28.8 Å². The lowest BCUT2D eigenvalue weighted by atomic mass is 9.84. The topological polar surface area (TPSA) is 111 Å². The van der Waals surface area contributed by atoms with E-state index < -0.39 is 11.6 Å². The fourth-order valence-electron chi connectivity index (χ4n) is 5.24. The van der Waals surface area contributed by atoms with Gasteiger partial charge in [0.05, 0.1) is 20.8 Å². The Labute approximate surface area is 283 Å². The van der Waals surface area contributed by atoms with Crippen LogP contribution < -0.4 is 25.1 Å². The number of aliphatic imine (C=N–C) groups is 1. The van der Waals surface area contributed by atoms with E-state index in [4.69, 9.17) is 29.0 Å². The molecule has 0 bridgehead atoms. The van der Waals surface area contributed by atoms with Gasteiger partial charge < -0.3 is 24.1 Å². The van der Waals surface area contributed by atoms with Gasteiger partial charge in [-0.05, 0) is 42.0 Å². The number of hydrazine groups is 1. The molecule has 0 aromatic heterocycles. The van der Waals surface area contributed by atoms with E-state index in [2.05, 4.69) is 26.8 Å². The number of methoxy groups -OCH3 is 2. The van der Waals surface area contributed by atoms with E-state index in [0.29, 0.717) is 48.3 Å². The molecule has 2 atom stereocenters. The SMILES string of the molecule is COc1ccc(CNNC(=O)[C@@]2(C/C=C/c3ccccc3)N=C(c3ccc(OCCCO)cc3)O[C@H]2c2ccccc2Br)c(OC)c1. The third-order valence-corrected chi connectivity index (χ3v) is 8.45. The molecule has 47 heavy (non-hydrogen) atoms. The predicted octanol–water partition coefficient (Wildman–Crippen LogP) is 6.41. The van der Waals surface area contributed by atoms with Crippen molar-refractivity contribution in [2.24, 2.45) is 4.99 Å². The molecule has 1 aliphatic heterocycles. The van der Waals surface area contributed by atoms with Gasteiger partial charge in [-0.1, -0.05) is 82.7 Å². The van der Waals surface area contributed by atoms with E-state index in [1.165, 1.54) is 0 Å². The summed E-state index contributed by atoms with van der Waals surface area (Å²) in [5, 5.41) is 9.08. The summed E-state index contributed by atoms with van der Waals surface area (Å²) in [6.45, 7) is 0.762. The maximum absolute atomic E-state index is 14.4. The minimum absolute atomic E-state index is 0.0600. The Morgan fingerprint density at radius 1 is 0.979 bits per heavy atom. The van der Waals surface area contributed by atoms with Gasteiger partial charge in [0.15, 0.2) is 11.6 Å². The van der Waals surface area contributed by atoms with Crippen LogP contribution in [0.3, 0.4) is 0 Å². The van der Waals surface area contributed by atoms with Gasteiger partial charge >= 0.3 is 0 Å². The first kappa shape index (κ1) is 33.7. The number of hydrogen-bond acceptors (Lipinski definition) is 8. The summed E-state index contributed by atoms with van der Waals surface area (Å²) in [4.78, 5) is 19.5. The Kier molecular flexibility index (Phi) is 11.7. The fraction of sp³-hybridized carbons (Fsp3) is 0.243. The second-order valence-corrected chi connectivity index (χ2v) is 11.7. The molecule has 4 aromatic carbocycles. The Morgan fingerprint density at radius 2 is 1.72 bits per heavy atom. The third-order valence-electron chi connectivity index (χ3n) is 7.73. The number of hydrogen-bond donors (Lipinski definition) is 3. The van der Waals surface area contributed by atoms with Crippen molar-refractivity contribution in [1.29, 1.82) is 0 Å². The monoisotopic (exact) mass is 699 g/mol. The molecule has 0 unspecified atom stereocenters. The number of carbonyl (C=O) groups is 1. The van der Waals surface area contributed by atoms with Gasteiger partial charge in [-0.25, -0.2) is 10.4 Å². The van der Waals surface area contributed by atoms with Crippen molar-refractivity contribution in [2.75, 3.05) is 27.4 Å². The third kappa shape index (κ3) is 8.21. The molecule has 1 heterocycles. The Bertz CT molecular complexity index is 1700. The number of amides is 1. The molecule has 0 spiro atoms. The van der Waals surface area contributed by atoms with Crippen LogP contribution in [0.15, 0.2) is 113 Å². The van der Waals surface area contributed by atoms with E-state index in [1.807, 2.05) is 103 Å². The second kappa shape index (κ2) is 16.3. The highest BCUT2D eigenvalue weighted by Crippen LogP contribution is 2.45. The Balaban J connectivity index is 1.49. The molecule has 3 N–H and O–H groups in total. The molecule has 0 saturated heterocycles. The summed E-state index contributed by atoms with van der Waals surface area (Å²) in [7, 11) is 3.19. The number of rotatable bonds is 15. The van der Waals surface area contributed by atoms with Gasteiger partial charge in [-0.15, -0.1) is 0 Å². The van der Waals surface area contributed by atoms with Crippen LogP contribution in [0.5, 0.6) is 17.2 Å². The molecule has 4 aromatic rings. The van der Waals surface area contributed by atoms with Gasteiger partial charge in [-0.2, -0.15) is 0 Å². The van der Waals surface area contributed by atoms with Gasteiger partial charge in [0.1, 0.15) is 17.2 Å². The lowest BCUT2D eigenvalue weighted by Crippen LogP contribution is -2.52. The van der Waals surface area contributed by atoms with E-state index in [0.717, 1.165) is 21.2 Å². The van der Waals surface area contributed by atoms with Crippen LogP contribution in [0.25, 0.3) is 6.08 Å². The number of benzene rings is 4. The number of halogens is 1. The highest BCUT2D eigenvalue weighted by Gasteiger charge is 2.53. The quantitative estimate of drug-likeness (QED) is 0.0972. The lowest BCUT2D eigenvalue weighted by Gasteiger charge is -2.30. The van der Waals surface area contributed by atoms with Crippen molar-refractivity contribution in [2.45, 2.75) is 31.0 Å². The van der Waals surface area contributed by atoms with Crippen molar-refractivity contribution in [3.63, 3.8) is 0 Å². The van der Waals surface area contributed by atoms with E-state index in [-0.39, 0.29) is 18.9 Å². The minimum atomic E-state index is -1.38. The molecular formula is C37H38BrN3O6. The van der Waals surface area contributed by atoms with Crippen molar-refractivity contribution >= 4 is 33.8 Å². The van der Waals surface area contributed by atoms with Gasteiger partial charge in [0.25, 0.3) is 5.91 Å². The van der Waals surface area contributed by atoms with E-state index in [1.54, 1.807) is 20.3 Å². The van der Waals surface area contributed by atoms with Crippen LogP contribution in [0.4, 0.5) is 0 Å². The molecule has 1 aliphatic rings. The molecule has 1 amide bonds. The van der Waals surface area contributed by atoms with Crippen LogP contribution in [0.2, 0.25) is 0 Å². The molecule has 0 radical (unpaired) electrons. The molecule has 10 heteroatoms. The van der Waals surface area contributed by atoms with Crippen LogP contribution in [0, 0.1) is 0 Å². The lowest BCUT2D eigenvalue weighted by molar-refractivity contribution is -0.130. The zero-order valence-corrected chi connectivity index (χ0v) is 27.9. The number of aliphatic hydroxyl groups excluding tert-OH is 1. The molecule has 0 saturated carbocycles. The zero-order chi connectivity index (χ0) is 33.1. The number of nitrogens with zero attached hydrogens (tertiary/aromatic N) is 1. The number of carbonyl (C=O) groups excluding carboxylic acids is 1. The molecule has 244 valence electrons. The largest absolute Gasteiger partial charge is 0.497 e. The first-order valence-electron chi connectivity index (χ1n) is 15.3. The second-order valence-electron chi connectivity index (χ2n) is 10.8. The van der Waals surface area contributed by atoms with Crippen LogP contribution in [-0.2, 0) is 16.1 Å². The van der Waals surface area contributed by atoms with Crippen LogP contribution >= 0.6 is 15.9 Å². The van der Waals surface area contributed by atoms with Gasteiger partial charge in [-0.3, -0.25) is 10.2 Å². The van der Waals surface area contributed by atoms with Crippen LogP contribution in [-0.4, -0.2) is 49.9 Å². The summed E-state index contributed by atoms with van der Waals surface area (Å²) < 4.78 is 24.0. The van der Waals surface area contributed by atoms with E-state index >= 15 is 0 Å². The maximum atomic E-state index is 14.4. The number of aliphatic hydroxyl groups is 1. The average molecular weight is 701 g/mol. The summed E-state index contributed by atoms with van der Waals surface area (Å²) >= 11 is 3.68.